The van der Waals surface area contributed by atoms with Gasteiger partial charge in [0.15, 0.2) is 0 Å². The van der Waals surface area contributed by atoms with Crippen LogP contribution in [0.5, 0.6) is 0 Å². The standard InChI is InChI=1S/C16H23N3O/c1-16(2)8-14-13(15(20)9-16)5-7-19(14)6-4-12-10-17-18(3)11-12/h5,7,10-11,15,20H,4,6,8-9H2,1-3H3. The summed E-state index contributed by atoms with van der Waals surface area (Å²) < 4.78 is 4.14. The summed E-state index contributed by atoms with van der Waals surface area (Å²) in [6.45, 7) is 5.42. The van der Waals surface area contributed by atoms with Crippen LogP contribution in [0.4, 0.5) is 0 Å². The molecule has 1 unspecified atom stereocenters. The van der Waals surface area contributed by atoms with Crippen molar-refractivity contribution in [3.8, 4) is 0 Å². The zero-order chi connectivity index (χ0) is 14.3. The summed E-state index contributed by atoms with van der Waals surface area (Å²) in [4.78, 5) is 0. The summed E-state index contributed by atoms with van der Waals surface area (Å²) in [5.41, 5.74) is 3.86. The molecule has 108 valence electrons. The molecule has 2 aromatic heterocycles. The van der Waals surface area contributed by atoms with Crippen LogP contribution in [0.2, 0.25) is 0 Å². The first-order valence-corrected chi connectivity index (χ1v) is 7.28. The molecule has 0 aromatic carbocycles. The van der Waals surface area contributed by atoms with Crippen LogP contribution >= 0.6 is 0 Å². The lowest BCUT2D eigenvalue weighted by Crippen LogP contribution is -2.26. The van der Waals surface area contributed by atoms with Crippen LogP contribution in [-0.4, -0.2) is 19.5 Å². The maximum atomic E-state index is 10.3. The molecule has 0 bridgehead atoms. The van der Waals surface area contributed by atoms with Crippen molar-refractivity contribution in [2.45, 2.75) is 45.8 Å². The maximum absolute atomic E-state index is 10.3. The first-order chi connectivity index (χ1) is 9.44. The largest absolute Gasteiger partial charge is 0.388 e. The quantitative estimate of drug-likeness (QED) is 0.933. The van der Waals surface area contributed by atoms with Gasteiger partial charge in [-0.15, -0.1) is 0 Å². The molecule has 0 saturated heterocycles. The van der Waals surface area contributed by atoms with Gasteiger partial charge in [-0.05, 0) is 36.3 Å². The molecule has 2 aromatic rings. The first kappa shape index (κ1) is 13.4. The highest BCUT2D eigenvalue weighted by molar-refractivity contribution is 5.29. The van der Waals surface area contributed by atoms with E-state index in [2.05, 4.69) is 42.0 Å². The van der Waals surface area contributed by atoms with Crippen molar-refractivity contribution in [2.24, 2.45) is 12.5 Å². The lowest BCUT2D eigenvalue weighted by Gasteiger charge is -2.34. The Kier molecular flexibility index (Phi) is 3.21. The summed E-state index contributed by atoms with van der Waals surface area (Å²) in [5.74, 6) is 0. The van der Waals surface area contributed by atoms with Gasteiger partial charge in [-0.25, -0.2) is 0 Å². The Bertz CT molecular complexity index is 609. The minimum absolute atomic E-state index is 0.177. The van der Waals surface area contributed by atoms with Crippen LogP contribution in [0.25, 0.3) is 0 Å². The second-order valence-electron chi connectivity index (χ2n) is 6.74. The van der Waals surface area contributed by atoms with Crippen molar-refractivity contribution in [1.82, 2.24) is 14.3 Å². The molecule has 0 radical (unpaired) electrons. The predicted octanol–water partition coefficient (Wildman–Crippen LogP) is 2.47. The van der Waals surface area contributed by atoms with Crippen LogP contribution in [0.1, 0.15) is 43.2 Å². The van der Waals surface area contributed by atoms with Gasteiger partial charge in [0.25, 0.3) is 0 Å². The van der Waals surface area contributed by atoms with E-state index in [4.69, 9.17) is 0 Å². The van der Waals surface area contributed by atoms with E-state index < -0.39 is 0 Å². The monoisotopic (exact) mass is 273 g/mol. The topological polar surface area (TPSA) is 43.0 Å². The molecule has 3 rings (SSSR count). The van der Waals surface area contributed by atoms with Crippen LogP contribution < -0.4 is 0 Å². The van der Waals surface area contributed by atoms with E-state index >= 15 is 0 Å². The molecule has 0 aliphatic heterocycles. The number of hydrogen-bond acceptors (Lipinski definition) is 2. The Morgan fingerprint density at radius 1 is 1.45 bits per heavy atom. The Morgan fingerprint density at radius 3 is 2.95 bits per heavy atom. The molecule has 1 aliphatic carbocycles. The summed E-state index contributed by atoms with van der Waals surface area (Å²) in [5, 5.41) is 14.5. The summed E-state index contributed by atoms with van der Waals surface area (Å²) in [6.07, 6.45) is 8.67. The van der Waals surface area contributed by atoms with E-state index in [0.29, 0.717) is 0 Å². The van der Waals surface area contributed by atoms with Crippen molar-refractivity contribution in [3.05, 3.63) is 41.5 Å². The molecule has 1 N–H and O–H groups in total. The van der Waals surface area contributed by atoms with Crippen molar-refractivity contribution < 1.29 is 5.11 Å². The lowest BCUT2D eigenvalue weighted by molar-refractivity contribution is 0.0979. The van der Waals surface area contributed by atoms with Gasteiger partial charge in [-0.2, -0.15) is 5.10 Å². The van der Waals surface area contributed by atoms with Crippen molar-refractivity contribution >= 4 is 0 Å². The molecule has 4 heteroatoms. The van der Waals surface area contributed by atoms with E-state index in [1.54, 1.807) is 0 Å². The Morgan fingerprint density at radius 2 is 2.25 bits per heavy atom. The van der Waals surface area contributed by atoms with Crippen LogP contribution in [-0.2, 0) is 26.4 Å². The van der Waals surface area contributed by atoms with Gasteiger partial charge in [0, 0.05) is 37.2 Å². The summed E-state index contributed by atoms with van der Waals surface area (Å²) in [6, 6.07) is 2.08. The molecule has 0 saturated carbocycles. The average Bonchev–Trinajstić information content (AvgIpc) is 2.92. The van der Waals surface area contributed by atoms with E-state index in [1.807, 2.05) is 17.9 Å². The molecule has 1 atom stereocenters. The van der Waals surface area contributed by atoms with Gasteiger partial charge in [0.05, 0.1) is 12.3 Å². The molecule has 0 spiro atoms. The number of nitrogens with zero attached hydrogens (tertiary/aromatic N) is 3. The average molecular weight is 273 g/mol. The third kappa shape index (κ3) is 2.52. The summed E-state index contributed by atoms with van der Waals surface area (Å²) in [7, 11) is 1.94. The zero-order valence-electron chi connectivity index (χ0n) is 12.5. The second kappa shape index (κ2) is 4.77. The van der Waals surface area contributed by atoms with Crippen LogP contribution in [0.3, 0.4) is 0 Å². The van der Waals surface area contributed by atoms with Gasteiger partial charge >= 0.3 is 0 Å². The van der Waals surface area contributed by atoms with Crippen molar-refractivity contribution in [3.63, 3.8) is 0 Å². The van der Waals surface area contributed by atoms with Crippen molar-refractivity contribution in [2.75, 3.05) is 0 Å². The van der Waals surface area contributed by atoms with Crippen LogP contribution in [0.15, 0.2) is 24.7 Å². The Labute approximate surface area is 120 Å². The predicted molar refractivity (Wildman–Crippen MR) is 78.4 cm³/mol. The lowest BCUT2D eigenvalue weighted by atomic mass is 9.75. The second-order valence-corrected chi connectivity index (χ2v) is 6.74. The van der Waals surface area contributed by atoms with E-state index in [0.717, 1.165) is 31.4 Å². The highest BCUT2D eigenvalue weighted by Gasteiger charge is 2.32. The fourth-order valence-electron chi connectivity index (χ4n) is 3.25. The van der Waals surface area contributed by atoms with E-state index in [9.17, 15) is 5.11 Å². The molecular formula is C16H23N3O. The molecular weight excluding hydrogens is 250 g/mol. The number of aryl methyl sites for hydroxylation is 3. The minimum atomic E-state index is -0.312. The molecule has 20 heavy (non-hydrogen) atoms. The number of hydrogen-bond donors (Lipinski definition) is 1. The van der Waals surface area contributed by atoms with Gasteiger partial charge in [0.2, 0.25) is 0 Å². The van der Waals surface area contributed by atoms with Crippen molar-refractivity contribution in [1.29, 1.82) is 0 Å². The SMILES string of the molecule is Cn1cc(CCn2ccc3c2CC(C)(C)CC3O)cn1. The first-order valence-electron chi connectivity index (χ1n) is 7.28. The van der Waals surface area contributed by atoms with Gasteiger partial charge in [0.1, 0.15) is 0 Å². The number of rotatable bonds is 3. The molecule has 2 heterocycles. The number of aliphatic hydroxyl groups is 1. The van der Waals surface area contributed by atoms with Gasteiger partial charge in [-0.1, -0.05) is 13.8 Å². The normalized spacial score (nSPS) is 20.9. The Hall–Kier alpha value is -1.55. The fourth-order valence-corrected chi connectivity index (χ4v) is 3.25. The number of aliphatic hydroxyl groups excluding tert-OH is 1. The molecule has 0 fully saturated rings. The third-order valence-electron chi connectivity index (χ3n) is 4.26. The maximum Gasteiger partial charge on any atom is 0.0812 e. The number of fused-ring (bicyclic) bond motifs is 1. The van der Waals surface area contributed by atoms with E-state index in [-0.39, 0.29) is 11.5 Å². The smallest absolute Gasteiger partial charge is 0.0812 e. The third-order valence-corrected chi connectivity index (χ3v) is 4.26. The van der Waals surface area contributed by atoms with Gasteiger partial charge in [-0.3, -0.25) is 4.68 Å². The van der Waals surface area contributed by atoms with Crippen LogP contribution in [0, 0.1) is 5.41 Å². The fraction of sp³-hybridized carbons (Fsp3) is 0.562. The summed E-state index contributed by atoms with van der Waals surface area (Å²) >= 11 is 0. The minimum Gasteiger partial charge on any atom is -0.388 e. The highest BCUT2D eigenvalue weighted by Crippen LogP contribution is 2.41. The zero-order valence-corrected chi connectivity index (χ0v) is 12.5. The Balaban J connectivity index is 1.78. The molecule has 4 nitrogen and oxygen atoms in total. The highest BCUT2D eigenvalue weighted by atomic mass is 16.3. The molecule has 0 amide bonds. The molecule has 1 aliphatic rings. The number of aromatic nitrogens is 3. The van der Waals surface area contributed by atoms with E-state index in [1.165, 1.54) is 11.3 Å². The van der Waals surface area contributed by atoms with Gasteiger partial charge < -0.3 is 9.67 Å².